The molecule has 0 radical (unpaired) electrons. The summed E-state index contributed by atoms with van der Waals surface area (Å²) >= 11 is 0. The number of nitrogens with zero attached hydrogens (tertiary/aromatic N) is 2. The third kappa shape index (κ3) is 4.03. The average Bonchev–Trinajstić information content (AvgIpc) is 2.27. The second-order valence-electron chi connectivity index (χ2n) is 5.34. The minimum atomic E-state index is -3.38. The van der Waals surface area contributed by atoms with Crippen molar-refractivity contribution in [2.45, 2.75) is 44.9 Å². The van der Waals surface area contributed by atoms with E-state index >= 15 is 0 Å². The fourth-order valence-corrected chi connectivity index (χ4v) is 4.53. The maximum atomic E-state index is 12.5. The van der Waals surface area contributed by atoms with E-state index in [1.54, 1.807) is 0 Å². The summed E-state index contributed by atoms with van der Waals surface area (Å²) in [5.74, 6) is 0. The van der Waals surface area contributed by atoms with Crippen molar-refractivity contribution in [2.24, 2.45) is 5.73 Å². The predicted molar refractivity (Wildman–Crippen MR) is 76.5 cm³/mol. The highest BCUT2D eigenvalue weighted by molar-refractivity contribution is 7.86. The molecule has 3 atom stereocenters. The molecular weight excluding hydrogens is 290 g/mol. The normalized spacial score (nSPS) is 34.8. The number of morpholine rings is 1. The lowest BCUT2D eigenvalue weighted by Crippen LogP contribution is -2.56. The van der Waals surface area contributed by atoms with E-state index in [0.29, 0.717) is 26.2 Å². The largest absolute Gasteiger partial charge is 0.373 e. The van der Waals surface area contributed by atoms with Gasteiger partial charge >= 0.3 is 0 Å². The summed E-state index contributed by atoms with van der Waals surface area (Å²) in [6.45, 7) is 5.68. The Morgan fingerprint density at radius 1 is 1.11 bits per heavy atom. The molecule has 0 aromatic heterocycles. The molecular formula is C11H24ClN3O3S. The molecule has 8 heteroatoms. The average molecular weight is 314 g/mol. The van der Waals surface area contributed by atoms with Crippen molar-refractivity contribution in [3.05, 3.63) is 0 Å². The fourth-order valence-electron chi connectivity index (χ4n) is 2.67. The number of halogens is 1. The Morgan fingerprint density at radius 2 is 1.68 bits per heavy atom. The van der Waals surface area contributed by atoms with Gasteiger partial charge < -0.3 is 10.5 Å². The third-order valence-electron chi connectivity index (χ3n) is 3.46. The van der Waals surface area contributed by atoms with Gasteiger partial charge in [-0.25, -0.2) is 0 Å². The molecule has 2 aliphatic rings. The topological polar surface area (TPSA) is 75.9 Å². The minimum Gasteiger partial charge on any atom is -0.373 e. The smallest absolute Gasteiger partial charge is 0.282 e. The van der Waals surface area contributed by atoms with E-state index in [1.807, 2.05) is 13.8 Å². The van der Waals surface area contributed by atoms with Crippen LogP contribution in [0.25, 0.3) is 0 Å². The van der Waals surface area contributed by atoms with E-state index in [4.69, 9.17) is 10.5 Å². The van der Waals surface area contributed by atoms with Crippen LogP contribution >= 0.6 is 12.4 Å². The summed E-state index contributed by atoms with van der Waals surface area (Å²) in [5.41, 5.74) is 5.86. The molecule has 0 saturated carbocycles. The van der Waals surface area contributed by atoms with Crippen LogP contribution in [0, 0.1) is 0 Å². The van der Waals surface area contributed by atoms with Gasteiger partial charge in [-0.05, 0) is 26.7 Å². The van der Waals surface area contributed by atoms with Crippen LogP contribution in [0.5, 0.6) is 0 Å². The molecule has 0 aliphatic carbocycles. The summed E-state index contributed by atoms with van der Waals surface area (Å²) in [6, 6.07) is -0.0376. The SMILES string of the molecule is CC1CN(S(=O)(=O)N2CCCC(N)C2)CC(C)O1.Cl. The lowest BCUT2D eigenvalue weighted by atomic mass is 10.1. The zero-order valence-electron chi connectivity index (χ0n) is 11.5. The van der Waals surface area contributed by atoms with Crippen molar-refractivity contribution in [1.29, 1.82) is 0 Å². The van der Waals surface area contributed by atoms with Crippen molar-refractivity contribution in [3.63, 3.8) is 0 Å². The zero-order chi connectivity index (χ0) is 13.3. The first kappa shape index (κ1) is 17.1. The summed E-state index contributed by atoms with van der Waals surface area (Å²) in [6.07, 6.45) is 1.64. The first-order valence-electron chi connectivity index (χ1n) is 6.56. The van der Waals surface area contributed by atoms with Gasteiger partial charge in [0.2, 0.25) is 0 Å². The maximum Gasteiger partial charge on any atom is 0.282 e. The van der Waals surface area contributed by atoms with Crippen LogP contribution in [0.15, 0.2) is 0 Å². The lowest BCUT2D eigenvalue weighted by molar-refractivity contribution is -0.0456. The molecule has 2 N–H and O–H groups in total. The summed E-state index contributed by atoms with van der Waals surface area (Å²) in [4.78, 5) is 0. The van der Waals surface area contributed by atoms with Gasteiger partial charge in [0.05, 0.1) is 12.2 Å². The van der Waals surface area contributed by atoms with Crippen LogP contribution in [-0.2, 0) is 14.9 Å². The molecule has 2 aliphatic heterocycles. The molecule has 0 amide bonds. The van der Waals surface area contributed by atoms with Crippen LogP contribution in [0.2, 0.25) is 0 Å². The summed E-state index contributed by atoms with van der Waals surface area (Å²) in [7, 11) is -3.38. The molecule has 0 aromatic carbocycles. The second kappa shape index (κ2) is 6.69. The van der Waals surface area contributed by atoms with Crippen LogP contribution in [0.3, 0.4) is 0 Å². The highest BCUT2D eigenvalue weighted by Gasteiger charge is 2.36. The van der Waals surface area contributed by atoms with E-state index in [2.05, 4.69) is 0 Å². The Balaban J connectivity index is 0.00000180. The number of hydrogen-bond donors (Lipinski definition) is 1. The Morgan fingerprint density at radius 3 is 2.21 bits per heavy atom. The van der Waals surface area contributed by atoms with Gasteiger partial charge in [0.25, 0.3) is 10.2 Å². The number of nitrogens with two attached hydrogens (primary N) is 1. The van der Waals surface area contributed by atoms with Crippen LogP contribution < -0.4 is 5.73 Å². The molecule has 114 valence electrons. The van der Waals surface area contributed by atoms with E-state index in [-0.39, 0.29) is 30.7 Å². The quantitative estimate of drug-likeness (QED) is 0.789. The minimum absolute atomic E-state index is 0. The Bertz CT molecular complexity index is 383. The summed E-state index contributed by atoms with van der Waals surface area (Å²) < 4.78 is 33.7. The van der Waals surface area contributed by atoms with Gasteiger partial charge in [-0.3, -0.25) is 0 Å². The predicted octanol–water partition coefficient (Wildman–Crippen LogP) is 0.185. The second-order valence-corrected chi connectivity index (χ2v) is 7.27. The number of hydrogen-bond acceptors (Lipinski definition) is 4. The van der Waals surface area contributed by atoms with Gasteiger partial charge in [0, 0.05) is 32.2 Å². The monoisotopic (exact) mass is 313 g/mol. The molecule has 2 fully saturated rings. The van der Waals surface area contributed by atoms with Crippen molar-refractivity contribution in [2.75, 3.05) is 26.2 Å². The standard InChI is InChI=1S/C11H23N3O3S.ClH/c1-9-6-14(7-10(2)17-9)18(15,16)13-5-3-4-11(12)8-13;/h9-11H,3-8,12H2,1-2H3;1H. The maximum absolute atomic E-state index is 12.5. The first-order chi connectivity index (χ1) is 8.39. The van der Waals surface area contributed by atoms with E-state index in [1.165, 1.54) is 8.61 Å². The van der Waals surface area contributed by atoms with Crippen molar-refractivity contribution in [1.82, 2.24) is 8.61 Å². The Hall–Kier alpha value is 0.0800. The van der Waals surface area contributed by atoms with E-state index in [0.717, 1.165) is 12.8 Å². The molecule has 19 heavy (non-hydrogen) atoms. The third-order valence-corrected chi connectivity index (χ3v) is 5.39. The van der Waals surface area contributed by atoms with E-state index in [9.17, 15) is 8.42 Å². The Kier molecular flexibility index (Phi) is 6.03. The number of rotatable bonds is 2. The van der Waals surface area contributed by atoms with Gasteiger partial charge in [0.1, 0.15) is 0 Å². The van der Waals surface area contributed by atoms with Gasteiger partial charge in [-0.15, -0.1) is 12.4 Å². The zero-order valence-corrected chi connectivity index (χ0v) is 13.1. The number of piperidine rings is 1. The molecule has 0 spiro atoms. The molecule has 6 nitrogen and oxygen atoms in total. The van der Waals surface area contributed by atoms with Crippen LogP contribution in [-0.4, -0.2) is 61.5 Å². The Labute approximate surface area is 121 Å². The molecule has 0 aromatic rings. The van der Waals surface area contributed by atoms with Crippen molar-refractivity contribution in [3.8, 4) is 0 Å². The van der Waals surface area contributed by atoms with E-state index < -0.39 is 10.2 Å². The molecule has 0 bridgehead atoms. The first-order valence-corrected chi connectivity index (χ1v) is 7.95. The highest BCUT2D eigenvalue weighted by Crippen LogP contribution is 2.20. The summed E-state index contributed by atoms with van der Waals surface area (Å²) in [5, 5.41) is 0. The van der Waals surface area contributed by atoms with Crippen molar-refractivity contribution >= 4 is 22.6 Å². The highest BCUT2D eigenvalue weighted by atomic mass is 35.5. The van der Waals surface area contributed by atoms with Gasteiger partial charge in [0.15, 0.2) is 0 Å². The van der Waals surface area contributed by atoms with Gasteiger partial charge in [-0.1, -0.05) is 0 Å². The molecule has 2 heterocycles. The molecule has 2 rings (SSSR count). The molecule has 3 unspecified atom stereocenters. The number of ether oxygens (including phenoxy) is 1. The lowest BCUT2D eigenvalue weighted by Gasteiger charge is -2.39. The van der Waals surface area contributed by atoms with Crippen LogP contribution in [0.4, 0.5) is 0 Å². The van der Waals surface area contributed by atoms with Crippen molar-refractivity contribution < 1.29 is 13.2 Å². The van der Waals surface area contributed by atoms with Gasteiger partial charge in [-0.2, -0.15) is 17.0 Å². The fraction of sp³-hybridized carbons (Fsp3) is 1.00. The van der Waals surface area contributed by atoms with Crippen LogP contribution in [0.1, 0.15) is 26.7 Å². The molecule has 2 saturated heterocycles.